The Morgan fingerprint density at radius 1 is 1.38 bits per heavy atom. The molecule has 0 radical (unpaired) electrons. The van der Waals surface area contributed by atoms with Gasteiger partial charge in [-0.05, 0) is 49.0 Å². The zero-order valence-electron chi connectivity index (χ0n) is 13.0. The SMILES string of the molecule is O=C(/C=C/c1ccc(Cl)c(C(F)(F)F)c1)NCCCOCC1CC1. The van der Waals surface area contributed by atoms with Crippen LogP contribution in [0.1, 0.15) is 30.4 Å². The van der Waals surface area contributed by atoms with Gasteiger partial charge < -0.3 is 10.1 Å². The lowest BCUT2D eigenvalue weighted by Gasteiger charge is -2.09. The summed E-state index contributed by atoms with van der Waals surface area (Å²) >= 11 is 5.54. The molecular weight excluding hydrogens is 343 g/mol. The fraction of sp³-hybridized carbons (Fsp3) is 0.471. The van der Waals surface area contributed by atoms with Crippen LogP contribution in [0.15, 0.2) is 24.3 Å². The topological polar surface area (TPSA) is 38.3 Å². The molecule has 1 N–H and O–H groups in total. The predicted octanol–water partition coefficient (Wildman–Crippen LogP) is 4.30. The minimum absolute atomic E-state index is 0.259. The van der Waals surface area contributed by atoms with Gasteiger partial charge in [0.05, 0.1) is 10.6 Å². The first-order valence-electron chi connectivity index (χ1n) is 7.76. The van der Waals surface area contributed by atoms with Crippen molar-refractivity contribution in [2.75, 3.05) is 19.8 Å². The highest BCUT2D eigenvalue weighted by molar-refractivity contribution is 6.31. The number of nitrogens with one attached hydrogen (secondary N) is 1. The first-order valence-corrected chi connectivity index (χ1v) is 8.14. The summed E-state index contributed by atoms with van der Waals surface area (Å²) in [4.78, 5) is 11.6. The molecule has 132 valence electrons. The van der Waals surface area contributed by atoms with Crippen molar-refractivity contribution in [2.45, 2.75) is 25.4 Å². The van der Waals surface area contributed by atoms with Crippen molar-refractivity contribution in [1.82, 2.24) is 5.32 Å². The van der Waals surface area contributed by atoms with Gasteiger partial charge in [0.25, 0.3) is 0 Å². The molecule has 0 heterocycles. The van der Waals surface area contributed by atoms with Crippen LogP contribution >= 0.6 is 11.6 Å². The van der Waals surface area contributed by atoms with E-state index in [1.165, 1.54) is 37.1 Å². The van der Waals surface area contributed by atoms with E-state index in [1.807, 2.05) is 0 Å². The normalized spacial score (nSPS) is 15.0. The Morgan fingerprint density at radius 2 is 2.12 bits per heavy atom. The second-order valence-corrected chi connectivity index (χ2v) is 6.14. The quantitative estimate of drug-likeness (QED) is 0.553. The minimum atomic E-state index is -4.52. The summed E-state index contributed by atoms with van der Waals surface area (Å²) in [5.41, 5.74) is -0.658. The van der Waals surface area contributed by atoms with Gasteiger partial charge in [-0.15, -0.1) is 0 Å². The molecule has 0 unspecified atom stereocenters. The summed E-state index contributed by atoms with van der Waals surface area (Å²) in [5.74, 6) is 0.351. The zero-order chi connectivity index (χ0) is 17.6. The van der Waals surface area contributed by atoms with Gasteiger partial charge in [-0.1, -0.05) is 17.7 Å². The molecule has 1 amide bonds. The lowest BCUT2D eigenvalue weighted by atomic mass is 10.1. The molecule has 0 aromatic heterocycles. The summed E-state index contributed by atoms with van der Waals surface area (Å²) in [7, 11) is 0. The lowest BCUT2D eigenvalue weighted by molar-refractivity contribution is -0.137. The molecule has 1 aliphatic rings. The number of benzene rings is 1. The number of hydrogen-bond donors (Lipinski definition) is 1. The molecule has 0 atom stereocenters. The van der Waals surface area contributed by atoms with Gasteiger partial charge in [0.2, 0.25) is 5.91 Å². The van der Waals surface area contributed by atoms with Gasteiger partial charge in [0.15, 0.2) is 0 Å². The highest BCUT2D eigenvalue weighted by atomic mass is 35.5. The predicted molar refractivity (Wildman–Crippen MR) is 86.7 cm³/mol. The molecule has 0 bridgehead atoms. The van der Waals surface area contributed by atoms with Crippen LogP contribution in [-0.2, 0) is 15.7 Å². The first-order chi connectivity index (χ1) is 11.4. The largest absolute Gasteiger partial charge is 0.417 e. The van der Waals surface area contributed by atoms with Gasteiger partial charge in [-0.25, -0.2) is 0 Å². The van der Waals surface area contributed by atoms with Crippen LogP contribution in [0.3, 0.4) is 0 Å². The molecule has 1 aromatic rings. The Morgan fingerprint density at radius 3 is 2.79 bits per heavy atom. The Hall–Kier alpha value is -1.53. The maximum atomic E-state index is 12.7. The number of alkyl halides is 3. The van der Waals surface area contributed by atoms with Crippen molar-refractivity contribution in [3.63, 3.8) is 0 Å². The van der Waals surface area contributed by atoms with E-state index in [1.54, 1.807) is 0 Å². The number of ether oxygens (including phenoxy) is 1. The van der Waals surface area contributed by atoms with Crippen LogP contribution in [0, 0.1) is 5.92 Å². The first kappa shape index (κ1) is 18.8. The summed E-state index contributed by atoms with van der Waals surface area (Å²) in [5, 5.41) is 2.29. The Balaban J connectivity index is 1.74. The fourth-order valence-corrected chi connectivity index (χ4v) is 2.24. The van der Waals surface area contributed by atoms with Gasteiger partial charge in [0.1, 0.15) is 0 Å². The van der Waals surface area contributed by atoms with Gasteiger partial charge in [0, 0.05) is 25.8 Å². The molecule has 7 heteroatoms. The van der Waals surface area contributed by atoms with E-state index in [0.717, 1.165) is 12.7 Å². The fourth-order valence-electron chi connectivity index (χ4n) is 2.01. The van der Waals surface area contributed by atoms with Gasteiger partial charge in [-0.2, -0.15) is 13.2 Å². The molecule has 24 heavy (non-hydrogen) atoms. The summed E-state index contributed by atoms with van der Waals surface area (Å²) in [6.07, 6.45) is 1.18. The maximum Gasteiger partial charge on any atom is 0.417 e. The van der Waals surface area contributed by atoms with Crippen molar-refractivity contribution in [1.29, 1.82) is 0 Å². The van der Waals surface area contributed by atoms with Crippen LogP contribution in [-0.4, -0.2) is 25.7 Å². The van der Waals surface area contributed by atoms with Crippen LogP contribution in [0.2, 0.25) is 5.02 Å². The maximum absolute atomic E-state index is 12.7. The zero-order valence-corrected chi connectivity index (χ0v) is 13.8. The van der Waals surface area contributed by atoms with Crippen molar-refractivity contribution < 1.29 is 22.7 Å². The third kappa shape index (κ3) is 6.53. The highest BCUT2D eigenvalue weighted by Gasteiger charge is 2.33. The van der Waals surface area contributed by atoms with E-state index in [-0.39, 0.29) is 16.5 Å². The second kappa shape index (κ2) is 8.53. The molecule has 0 aliphatic heterocycles. The number of carbonyl (C=O) groups is 1. The highest BCUT2D eigenvalue weighted by Crippen LogP contribution is 2.35. The van der Waals surface area contributed by atoms with E-state index < -0.39 is 11.7 Å². The molecule has 2 rings (SSSR count). The van der Waals surface area contributed by atoms with Crippen LogP contribution in [0.5, 0.6) is 0 Å². The molecule has 1 fully saturated rings. The number of carbonyl (C=O) groups excluding carboxylic acids is 1. The molecule has 0 spiro atoms. The summed E-state index contributed by atoms with van der Waals surface area (Å²) < 4.78 is 43.7. The van der Waals surface area contributed by atoms with Gasteiger partial charge >= 0.3 is 6.18 Å². The smallest absolute Gasteiger partial charge is 0.381 e. The number of hydrogen-bond acceptors (Lipinski definition) is 2. The monoisotopic (exact) mass is 361 g/mol. The second-order valence-electron chi connectivity index (χ2n) is 5.73. The van der Waals surface area contributed by atoms with Crippen molar-refractivity contribution >= 4 is 23.6 Å². The molecule has 1 saturated carbocycles. The Labute approximate surface area is 143 Å². The molecular formula is C17H19ClF3NO2. The molecule has 1 aromatic carbocycles. The van der Waals surface area contributed by atoms with Crippen molar-refractivity contribution in [3.05, 3.63) is 40.4 Å². The Kier molecular flexibility index (Phi) is 6.69. The van der Waals surface area contributed by atoms with Crippen LogP contribution in [0.25, 0.3) is 6.08 Å². The summed E-state index contributed by atoms with van der Waals surface area (Å²) in [6, 6.07) is 3.50. The average Bonchev–Trinajstić information content (AvgIpc) is 3.33. The van der Waals surface area contributed by atoms with E-state index >= 15 is 0 Å². The molecule has 3 nitrogen and oxygen atoms in total. The van der Waals surface area contributed by atoms with E-state index in [9.17, 15) is 18.0 Å². The standard InChI is InChI=1S/C17H19ClF3NO2/c18-15-6-4-12(10-14(15)17(19,20)21)5-7-16(23)22-8-1-9-24-11-13-2-3-13/h4-7,10,13H,1-3,8-9,11H2,(H,22,23)/b7-5+. The van der Waals surface area contributed by atoms with Crippen molar-refractivity contribution in [2.24, 2.45) is 5.92 Å². The van der Waals surface area contributed by atoms with Crippen molar-refractivity contribution in [3.8, 4) is 0 Å². The van der Waals surface area contributed by atoms with E-state index in [0.29, 0.717) is 25.5 Å². The average molecular weight is 362 g/mol. The molecule has 0 saturated heterocycles. The summed E-state index contributed by atoms with van der Waals surface area (Å²) in [6.45, 7) is 1.83. The number of halogens is 4. The third-order valence-corrected chi connectivity index (χ3v) is 3.87. The lowest BCUT2D eigenvalue weighted by Crippen LogP contribution is -2.23. The Bertz CT molecular complexity index is 598. The minimum Gasteiger partial charge on any atom is -0.381 e. The van der Waals surface area contributed by atoms with E-state index in [4.69, 9.17) is 16.3 Å². The van der Waals surface area contributed by atoms with Crippen LogP contribution < -0.4 is 5.32 Å². The third-order valence-electron chi connectivity index (χ3n) is 3.54. The number of amides is 1. The van der Waals surface area contributed by atoms with Gasteiger partial charge in [-0.3, -0.25) is 4.79 Å². The number of rotatable bonds is 8. The van der Waals surface area contributed by atoms with Crippen LogP contribution in [0.4, 0.5) is 13.2 Å². The van der Waals surface area contributed by atoms with E-state index in [2.05, 4.69) is 5.32 Å². The molecule has 1 aliphatic carbocycles.